The van der Waals surface area contributed by atoms with Crippen LogP contribution < -0.4 is 5.32 Å². The molecule has 0 saturated carbocycles. The number of halogens is 3. The highest BCUT2D eigenvalue weighted by atomic mass is 19.4. The minimum absolute atomic E-state index is 0.0814. The molecule has 7 heteroatoms. The number of rotatable bonds is 3. The molecule has 1 N–H and O–H groups in total. The van der Waals surface area contributed by atoms with Gasteiger partial charge in [0.05, 0.1) is 18.6 Å². The van der Waals surface area contributed by atoms with Gasteiger partial charge in [0.1, 0.15) is 6.04 Å². The zero-order valence-electron chi connectivity index (χ0n) is 10.4. The van der Waals surface area contributed by atoms with Crippen molar-refractivity contribution in [2.75, 3.05) is 6.61 Å². The fraction of sp³-hybridized carbons (Fsp3) is 0.385. The predicted molar refractivity (Wildman–Crippen MR) is 62.7 cm³/mol. The zero-order valence-corrected chi connectivity index (χ0v) is 10.4. The van der Waals surface area contributed by atoms with E-state index in [9.17, 15) is 22.8 Å². The van der Waals surface area contributed by atoms with Gasteiger partial charge >= 0.3 is 12.1 Å². The summed E-state index contributed by atoms with van der Waals surface area (Å²) >= 11 is 0. The molecule has 1 fully saturated rings. The van der Waals surface area contributed by atoms with Crippen LogP contribution in [0.4, 0.5) is 13.2 Å². The van der Waals surface area contributed by atoms with Crippen LogP contribution in [0.2, 0.25) is 0 Å². The van der Waals surface area contributed by atoms with Gasteiger partial charge in [-0.2, -0.15) is 13.2 Å². The van der Waals surface area contributed by atoms with Crippen LogP contribution in [0.15, 0.2) is 24.3 Å². The number of hydrogen-bond donors (Lipinski definition) is 1. The van der Waals surface area contributed by atoms with E-state index in [1.54, 1.807) is 0 Å². The van der Waals surface area contributed by atoms with Gasteiger partial charge in [-0.05, 0) is 17.7 Å². The second kappa shape index (κ2) is 5.52. The minimum atomic E-state index is -4.39. The molecular weight excluding hydrogens is 275 g/mol. The summed E-state index contributed by atoms with van der Waals surface area (Å²) in [6.07, 6.45) is -4.06. The third-order valence-corrected chi connectivity index (χ3v) is 2.92. The molecule has 1 aliphatic rings. The van der Waals surface area contributed by atoms with Gasteiger partial charge in [0.25, 0.3) is 0 Å². The highest BCUT2D eigenvalue weighted by Crippen LogP contribution is 2.29. The van der Waals surface area contributed by atoms with Crippen LogP contribution >= 0.6 is 0 Å². The number of amides is 1. The van der Waals surface area contributed by atoms with Crippen molar-refractivity contribution < 1.29 is 27.5 Å². The molecule has 2 rings (SSSR count). The molecule has 1 saturated heterocycles. The molecule has 1 aromatic rings. The molecule has 20 heavy (non-hydrogen) atoms. The maximum absolute atomic E-state index is 12.4. The Morgan fingerprint density at radius 2 is 1.95 bits per heavy atom. The molecule has 108 valence electrons. The van der Waals surface area contributed by atoms with Crippen LogP contribution in [0.3, 0.4) is 0 Å². The van der Waals surface area contributed by atoms with Gasteiger partial charge in [0.2, 0.25) is 5.91 Å². The topological polar surface area (TPSA) is 55.4 Å². The number of ether oxygens (including phenoxy) is 1. The molecule has 0 unspecified atom stereocenters. The highest BCUT2D eigenvalue weighted by molar-refractivity contribution is 5.86. The van der Waals surface area contributed by atoms with E-state index in [4.69, 9.17) is 4.74 Å². The SMILES string of the molecule is O=C(Cc1ccc(C(F)(F)F)cc1)N[C@@H]1CCOC1=O. The Bertz CT molecular complexity index is 511. The van der Waals surface area contributed by atoms with Gasteiger partial charge in [-0.15, -0.1) is 0 Å². The molecule has 0 bridgehead atoms. The third-order valence-electron chi connectivity index (χ3n) is 2.92. The van der Waals surface area contributed by atoms with Gasteiger partial charge in [-0.25, -0.2) is 4.79 Å². The number of nitrogens with one attached hydrogen (secondary N) is 1. The van der Waals surface area contributed by atoms with Crippen LogP contribution in [0.25, 0.3) is 0 Å². The number of esters is 1. The van der Waals surface area contributed by atoms with E-state index in [1.807, 2.05) is 0 Å². The standard InChI is InChI=1S/C13H12F3NO3/c14-13(15,16)9-3-1-8(2-4-9)7-11(18)17-10-5-6-20-12(10)19/h1-4,10H,5-7H2,(H,17,18)/t10-/m1/s1. The Morgan fingerprint density at radius 1 is 1.30 bits per heavy atom. The summed E-state index contributed by atoms with van der Waals surface area (Å²) in [6.45, 7) is 0.268. The largest absolute Gasteiger partial charge is 0.464 e. The Kier molecular flexibility index (Phi) is 3.96. The Hall–Kier alpha value is -2.05. The molecular formula is C13H12F3NO3. The number of carbonyl (C=O) groups is 2. The number of alkyl halides is 3. The van der Waals surface area contributed by atoms with Crippen LogP contribution in [0, 0.1) is 0 Å². The maximum atomic E-state index is 12.4. The minimum Gasteiger partial charge on any atom is -0.464 e. The molecule has 1 aliphatic heterocycles. The summed E-state index contributed by atoms with van der Waals surface area (Å²) in [6, 6.07) is 3.68. The highest BCUT2D eigenvalue weighted by Gasteiger charge is 2.30. The van der Waals surface area contributed by atoms with Gasteiger partial charge < -0.3 is 10.1 Å². The fourth-order valence-electron chi connectivity index (χ4n) is 1.87. The summed E-state index contributed by atoms with van der Waals surface area (Å²) in [5, 5.41) is 2.49. The maximum Gasteiger partial charge on any atom is 0.416 e. The van der Waals surface area contributed by atoms with Crippen molar-refractivity contribution in [3.63, 3.8) is 0 Å². The van der Waals surface area contributed by atoms with E-state index in [0.29, 0.717) is 12.0 Å². The van der Waals surface area contributed by atoms with Crippen molar-refractivity contribution in [2.24, 2.45) is 0 Å². The Morgan fingerprint density at radius 3 is 2.45 bits per heavy atom. The van der Waals surface area contributed by atoms with Crippen molar-refractivity contribution in [2.45, 2.75) is 25.1 Å². The molecule has 1 heterocycles. The molecule has 4 nitrogen and oxygen atoms in total. The van der Waals surface area contributed by atoms with Gasteiger partial charge in [-0.3, -0.25) is 4.79 Å². The third kappa shape index (κ3) is 3.49. The van der Waals surface area contributed by atoms with E-state index < -0.39 is 29.7 Å². The van der Waals surface area contributed by atoms with Crippen LogP contribution in [-0.2, 0) is 26.9 Å². The molecule has 1 atom stereocenters. The van der Waals surface area contributed by atoms with Crippen molar-refractivity contribution in [1.82, 2.24) is 5.32 Å². The summed E-state index contributed by atoms with van der Waals surface area (Å²) in [5.41, 5.74) is -0.317. The average Bonchev–Trinajstić information content (AvgIpc) is 2.74. The number of hydrogen-bond acceptors (Lipinski definition) is 3. The second-order valence-corrected chi connectivity index (χ2v) is 4.45. The Labute approximate surface area is 112 Å². The number of benzene rings is 1. The Balaban J connectivity index is 1.93. The number of cyclic esters (lactones) is 1. The normalized spacial score (nSPS) is 18.8. The van der Waals surface area contributed by atoms with E-state index in [0.717, 1.165) is 12.1 Å². The average molecular weight is 287 g/mol. The van der Waals surface area contributed by atoms with E-state index in [1.165, 1.54) is 12.1 Å². The molecule has 0 aromatic heterocycles. The van der Waals surface area contributed by atoms with E-state index in [2.05, 4.69) is 5.32 Å². The molecule has 0 radical (unpaired) electrons. The van der Waals surface area contributed by atoms with Crippen molar-refractivity contribution >= 4 is 11.9 Å². The second-order valence-electron chi connectivity index (χ2n) is 4.45. The van der Waals surface area contributed by atoms with Crippen LogP contribution in [0.5, 0.6) is 0 Å². The van der Waals surface area contributed by atoms with E-state index in [-0.39, 0.29) is 13.0 Å². The zero-order chi connectivity index (χ0) is 14.8. The lowest BCUT2D eigenvalue weighted by Gasteiger charge is -2.10. The summed E-state index contributed by atoms with van der Waals surface area (Å²) in [5.74, 6) is -0.903. The van der Waals surface area contributed by atoms with Crippen LogP contribution in [-0.4, -0.2) is 24.5 Å². The molecule has 0 aliphatic carbocycles. The fourth-order valence-corrected chi connectivity index (χ4v) is 1.87. The quantitative estimate of drug-likeness (QED) is 0.861. The lowest BCUT2D eigenvalue weighted by Crippen LogP contribution is -2.38. The van der Waals surface area contributed by atoms with Gasteiger partial charge in [0, 0.05) is 6.42 Å². The first-order valence-electron chi connectivity index (χ1n) is 5.98. The lowest BCUT2D eigenvalue weighted by atomic mass is 10.1. The lowest BCUT2D eigenvalue weighted by molar-refractivity contribution is -0.141. The smallest absolute Gasteiger partial charge is 0.416 e. The van der Waals surface area contributed by atoms with Crippen molar-refractivity contribution in [3.8, 4) is 0 Å². The van der Waals surface area contributed by atoms with E-state index >= 15 is 0 Å². The first-order valence-corrected chi connectivity index (χ1v) is 5.98. The summed E-state index contributed by atoms with van der Waals surface area (Å²) < 4.78 is 41.8. The number of carbonyl (C=O) groups excluding carboxylic acids is 2. The summed E-state index contributed by atoms with van der Waals surface area (Å²) in [4.78, 5) is 22.8. The van der Waals surface area contributed by atoms with Crippen molar-refractivity contribution in [1.29, 1.82) is 0 Å². The molecule has 0 spiro atoms. The predicted octanol–water partition coefficient (Wildman–Crippen LogP) is 1.68. The first-order chi connectivity index (χ1) is 9.36. The van der Waals surface area contributed by atoms with Gasteiger partial charge in [0.15, 0.2) is 0 Å². The van der Waals surface area contributed by atoms with Gasteiger partial charge in [-0.1, -0.05) is 12.1 Å². The monoisotopic (exact) mass is 287 g/mol. The van der Waals surface area contributed by atoms with Crippen molar-refractivity contribution in [3.05, 3.63) is 35.4 Å². The molecule has 1 aromatic carbocycles. The summed E-state index contributed by atoms with van der Waals surface area (Å²) in [7, 11) is 0. The van der Waals surface area contributed by atoms with Crippen LogP contribution in [0.1, 0.15) is 17.5 Å². The molecule has 1 amide bonds. The first kappa shape index (κ1) is 14.4.